The molecule has 2 rings (SSSR count). The summed E-state index contributed by atoms with van der Waals surface area (Å²) in [4.78, 5) is 17.3. The highest BCUT2D eigenvalue weighted by molar-refractivity contribution is 5.86. The molecule has 20 heavy (non-hydrogen) atoms. The van der Waals surface area contributed by atoms with Crippen molar-refractivity contribution in [1.82, 2.24) is 15.1 Å². The molecule has 0 aromatic rings. The van der Waals surface area contributed by atoms with Crippen molar-refractivity contribution in [3.63, 3.8) is 0 Å². The molecule has 0 aromatic heterocycles. The highest BCUT2D eigenvalue weighted by atomic mass is 16.2. The van der Waals surface area contributed by atoms with Gasteiger partial charge in [-0.1, -0.05) is 13.3 Å². The summed E-state index contributed by atoms with van der Waals surface area (Å²) in [7, 11) is 4.27. The number of carbonyl (C=O) groups is 1. The normalized spacial score (nSPS) is 28.3. The van der Waals surface area contributed by atoms with Crippen molar-refractivity contribution in [2.45, 2.75) is 51.0 Å². The lowest BCUT2D eigenvalue weighted by Gasteiger charge is -2.39. The Balaban J connectivity index is 1.90. The van der Waals surface area contributed by atoms with E-state index in [2.05, 4.69) is 36.1 Å². The Kier molecular flexibility index (Phi) is 5.44. The molecular formula is C16H31N3O. The first-order chi connectivity index (χ1) is 9.57. The second-order valence-corrected chi connectivity index (χ2v) is 6.86. The van der Waals surface area contributed by atoms with Crippen molar-refractivity contribution in [3.05, 3.63) is 0 Å². The van der Waals surface area contributed by atoms with Gasteiger partial charge >= 0.3 is 0 Å². The number of carbonyl (C=O) groups excluding carboxylic acids is 1. The average Bonchev–Trinajstić information content (AvgIpc) is 2.88. The molecule has 0 radical (unpaired) electrons. The van der Waals surface area contributed by atoms with Crippen molar-refractivity contribution in [3.8, 4) is 0 Å². The summed E-state index contributed by atoms with van der Waals surface area (Å²) >= 11 is 0. The van der Waals surface area contributed by atoms with Gasteiger partial charge in [0, 0.05) is 19.6 Å². The summed E-state index contributed by atoms with van der Waals surface area (Å²) in [5.74, 6) is 1.13. The molecule has 116 valence electrons. The average molecular weight is 281 g/mol. The topological polar surface area (TPSA) is 35.6 Å². The second kappa shape index (κ2) is 6.90. The van der Waals surface area contributed by atoms with Crippen LogP contribution in [0.15, 0.2) is 0 Å². The second-order valence-electron chi connectivity index (χ2n) is 6.86. The van der Waals surface area contributed by atoms with Crippen LogP contribution >= 0.6 is 0 Å². The van der Waals surface area contributed by atoms with Crippen LogP contribution in [0.2, 0.25) is 0 Å². The highest BCUT2D eigenvalue weighted by Gasteiger charge is 2.43. The quantitative estimate of drug-likeness (QED) is 0.833. The summed E-state index contributed by atoms with van der Waals surface area (Å²) in [5, 5.41) is 3.51. The Labute approximate surface area is 123 Å². The van der Waals surface area contributed by atoms with E-state index >= 15 is 0 Å². The Morgan fingerprint density at radius 2 is 2.05 bits per heavy atom. The minimum atomic E-state index is -0.233. The molecule has 0 bridgehead atoms. The summed E-state index contributed by atoms with van der Waals surface area (Å²) in [6.07, 6.45) is 6.55. The Bertz CT molecular complexity index is 316. The predicted octanol–water partition coefficient (Wildman–Crippen LogP) is 1.71. The molecule has 2 aliphatic rings. The Morgan fingerprint density at radius 3 is 2.55 bits per heavy atom. The largest absolute Gasteiger partial charge is 0.341 e. The number of nitrogens with zero attached hydrogens (tertiary/aromatic N) is 2. The number of piperidine rings is 1. The lowest BCUT2D eigenvalue weighted by molar-refractivity contribution is -0.139. The van der Waals surface area contributed by atoms with Crippen LogP contribution in [0.5, 0.6) is 0 Å². The molecule has 1 atom stereocenters. The molecule has 0 aromatic carbocycles. The number of nitrogens with one attached hydrogen (secondary N) is 1. The van der Waals surface area contributed by atoms with Crippen LogP contribution in [-0.2, 0) is 4.79 Å². The van der Waals surface area contributed by atoms with Crippen LogP contribution in [0, 0.1) is 5.92 Å². The molecule has 2 fully saturated rings. The lowest BCUT2D eigenvalue weighted by Crippen LogP contribution is -2.56. The molecule has 2 heterocycles. The third kappa shape index (κ3) is 3.53. The van der Waals surface area contributed by atoms with E-state index in [1.165, 1.54) is 0 Å². The summed E-state index contributed by atoms with van der Waals surface area (Å²) in [6.45, 7) is 6.23. The van der Waals surface area contributed by atoms with Crippen LogP contribution in [0.3, 0.4) is 0 Å². The van der Waals surface area contributed by atoms with E-state index in [-0.39, 0.29) is 5.54 Å². The van der Waals surface area contributed by atoms with Crippen molar-refractivity contribution < 1.29 is 4.79 Å². The third-order valence-corrected chi connectivity index (χ3v) is 4.85. The molecule has 1 amide bonds. The van der Waals surface area contributed by atoms with Gasteiger partial charge in [0.05, 0.1) is 5.54 Å². The summed E-state index contributed by atoms with van der Waals surface area (Å²) < 4.78 is 0. The van der Waals surface area contributed by atoms with Gasteiger partial charge in [-0.15, -0.1) is 0 Å². The Morgan fingerprint density at radius 1 is 1.35 bits per heavy atom. The third-order valence-electron chi connectivity index (χ3n) is 4.85. The SMILES string of the molecule is CCCC1(C(=O)N2CCC(CN(C)C)CC2)CCCN1. The van der Waals surface area contributed by atoms with E-state index in [0.29, 0.717) is 5.91 Å². The molecule has 0 saturated carbocycles. The molecule has 4 heteroatoms. The fourth-order valence-electron chi connectivity index (χ4n) is 3.87. The number of rotatable bonds is 5. The molecule has 0 aliphatic carbocycles. The number of amides is 1. The first-order valence-corrected chi connectivity index (χ1v) is 8.26. The van der Waals surface area contributed by atoms with Crippen LogP contribution in [0.1, 0.15) is 45.4 Å². The van der Waals surface area contributed by atoms with E-state index in [1.807, 2.05) is 0 Å². The minimum absolute atomic E-state index is 0.233. The molecule has 1 unspecified atom stereocenters. The molecular weight excluding hydrogens is 250 g/mol. The van der Waals surface area contributed by atoms with Crippen molar-refractivity contribution in [1.29, 1.82) is 0 Å². The molecule has 2 aliphatic heterocycles. The first kappa shape index (κ1) is 15.8. The maximum absolute atomic E-state index is 12.9. The van der Waals surface area contributed by atoms with Crippen LogP contribution < -0.4 is 5.32 Å². The number of likely N-dealkylation sites (tertiary alicyclic amines) is 1. The maximum Gasteiger partial charge on any atom is 0.242 e. The van der Waals surface area contributed by atoms with Gasteiger partial charge in [-0.05, 0) is 58.7 Å². The highest BCUT2D eigenvalue weighted by Crippen LogP contribution is 2.29. The number of hydrogen-bond acceptors (Lipinski definition) is 3. The van der Waals surface area contributed by atoms with Gasteiger partial charge in [-0.25, -0.2) is 0 Å². The van der Waals surface area contributed by atoms with Crippen molar-refractivity contribution >= 4 is 5.91 Å². The molecule has 0 spiro atoms. The van der Waals surface area contributed by atoms with Crippen LogP contribution in [0.25, 0.3) is 0 Å². The molecule has 2 saturated heterocycles. The van der Waals surface area contributed by atoms with Crippen LogP contribution in [-0.4, -0.2) is 61.5 Å². The van der Waals surface area contributed by atoms with Crippen molar-refractivity contribution in [2.24, 2.45) is 5.92 Å². The first-order valence-electron chi connectivity index (χ1n) is 8.26. The maximum atomic E-state index is 12.9. The van der Waals surface area contributed by atoms with Gasteiger partial charge < -0.3 is 15.1 Å². The zero-order valence-corrected chi connectivity index (χ0v) is 13.5. The monoisotopic (exact) mass is 281 g/mol. The van der Waals surface area contributed by atoms with E-state index in [9.17, 15) is 4.79 Å². The summed E-state index contributed by atoms with van der Waals surface area (Å²) in [6, 6.07) is 0. The molecule has 4 nitrogen and oxygen atoms in total. The predicted molar refractivity (Wildman–Crippen MR) is 82.7 cm³/mol. The van der Waals surface area contributed by atoms with Gasteiger partial charge in [-0.2, -0.15) is 0 Å². The minimum Gasteiger partial charge on any atom is -0.341 e. The Hall–Kier alpha value is -0.610. The van der Waals surface area contributed by atoms with Gasteiger partial charge in [0.15, 0.2) is 0 Å². The van der Waals surface area contributed by atoms with Crippen molar-refractivity contribution in [2.75, 3.05) is 40.3 Å². The zero-order chi connectivity index (χ0) is 14.6. The fraction of sp³-hybridized carbons (Fsp3) is 0.938. The zero-order valence-electron chi connectivity index (χ0n) is 13.5. The molecule has 1 N–H and O–H groups in total. The van der Waals surface area contributed by atoms with Gasteiger partial charge in [0.25, 0.3) is 0 Å². The van der Waals surface area contributed by atoms with E-state index in [0.717, 1.165) is 70.6 Å². The smallest absolute Gasteiger partial charge is 0.242 e. The van der Waals surface area contributed by atoms with E-state index in [1.54, 1.807) is 0 Å². The number of hydrogen-bond donors (Lipinski definition) is 1. The van der Waals surface area contributed by atoms with E-state index < -0.39 is 0 Å². The van der Waals surface area contributed by atoms with Gasteiger partial charge in [-0.3, -0.25) is 4.79 Å². The lowest BCUT2D eigenvalue weighted by atomic mass is 9.88. The van der Waals surface area contributed by atoms with E-state index in [4.69, 9.17) is 0 Å². The van der Waals surface area contributed by atoms with Crippen LogP contribution in [0.4, 0.5) is 0 Å². The standard InChI is InChI=1S/C16H31N3O/c1-4-8-16(9-5-10-17-16)15(20)19-11-6-14(7-12-19)13-18(2)3/h14,17H,4-13H2,1-3H3. The fourth-order valence-corrected chi connectivity index (χ4v) is 3.87. The van der Waals surface area contributed by atoms with Gasteiger partial charge in [0.1, 0.15) is 0 Å². The van der Waals surface area contributed by atoms with Gasteiger partial charge in [0.2, 0.25) is 5.91 Å². The summed E-state index contributed by atoms with van der Waals surface area (Å²) in [5.41, 5.74) is -0.233.